The number of nitrogens with zero attached hydrogens (tertiary/aromatic N) is 4. The first-order valence-electron chi connectivity index (χ1n) is 19.6. The molecule has 2 aromatic heterocycles. The number of carbonyl (C=O) groups is 3. The quantitative estimate of drug-likeness (QED) is 0.143. The number of hydrogen-bond donors (Lipinski definition) is 3. The fourth-order valence-electron chi connectivity index (χ4n) is 7.96. The molecule has 56 heavy (non-hydrogen) atoms. The molecule has 0 saturated carbocycles. The number of benzene rings is 3. The van der Waals surface area contributed by atoms with Crippen LogP contribution in [0, 0.1) is 17.8 Å². The average Bonchev–Trinajstić information content (AvgIpc) is 3.98. The summed E-state index contributed by atoms with van der Waals surface area (Å²) in [7, 11) is 1.30. The number of H-pyrrole nitrogens is 2. The number of rotatable bonds is 8. The molecule has 4 heterocycles. The molecule has 7 rings (SSSR count). The third-order valence-corrected chi connectivity index (χ3v) is 10.8. The van der Waals surface area contributed by atoms with E-state index in [0.29, 0.717) is 19.0 Å². The van der Waals surface area contributed by atoms with E-state index in [-0.39, 0.29) is 35.9 Å². The van der Waals surface area contributed by atoms with Crippen molar-refractivity contribution < 1.29 is 23.9 Å². The van der Waals surface area contributed by atoms with Gasteiger partial charge in [0.15, 0.2) is 0 Å². The van der Waals surface area contributed by atoms with E-state index in [2.05, 4.69) is 89.8 Å². The van der Waals surface area contributed by atoms with Crippen LogP contribution in [-0.4, -0.2) is 79.7 Å². The first-order valence-corrected chi connectivity index (χ1v) is 19.6. The van der Waals surface area contributed by atoms with E-state index in [1.165, 1.54) is 7.11 Å². The minimum Gasteiger partial charge on any atom is -0.453 e. The molecule has 2 aliphatic heterocycles. The normalized spacial score (nSPS) is 20.4. The Hall–Kier alpha value is -5.65. The molecule has 5 atom stereocenters. The second-order valence-electron chi connectivity index (χ2n) is 16.9. The van der Waals surface area contributed by atoms with E-state index < -0.39 is 17.7 Å². The summed E-state index contributed by atoms with van der Waals surface area (Å²) in [5.74, 6) is 1.92. The maximum atomic E-state index is 13.7. The van der Waals surface area contributed by atoms with Crippen molar-refractivity contribution in [3.05, 3.63) is 84.6 Å². The van der Waals surface area contributed by atoms with Crippen LogP contribution in [-0.2, 0) is 14.3 Å². The third-order valence-electron chi connectivity index (χ3n) is 10.8. The predicted molar refractivity (Wildman–Crippen MR) is 216 cm³/mol. The first kappa shape index (κ1) is 38.6. The molecule has 5 aromatic rings. The van der Waals surface area contributed by atoms with Crippen LogP contribution in [0.2, 0.25) is 0 Å². The van der Waals surface area contributed by atoms with Gasteiger partial charge in [0.25, 0.3) is 0 Å². The second-order valence-corrected chi connectivity index (χ2v) is 16.9. The molecule has 3 N–H and O–H groups in total. The van der Waals surface area contributed by atoms with Crippen LogP contribution in [0.1, 0.15) is 85.0 Å². The van der Waals surface area contributed by atoms with Crippen molar-refractivity contribution in [2.24, 2.45) is 17.8 Å². The average molecular weight is 760 g/mol. The number of amides is 3. The molecule has 0 aliphatic carbocycles. The lowest BCUT2D eigenvalue weighted by atomic mass is 9.99. The summed E-state index contributed by atoms with van der Waals surface area (Å²) < 4.78 is 10.5. The summed E-state index contributed by atoms with van der Waals surface area (Å²) >= 11 is 0. The standard InChI is InChI=1S/C44H53N7O5/c1-25(2)38(49-42(53)55-8)41(52)50-23-26(3)20-37(50)40-46-33-18-17-32(21-34(33)47-40)30-11-9-28(10-12-30)29-13-15-31(16-14-29)35-22-45-39(48-35)36-19-27(4)24-51(36)43(54)56-44(5,6)7/h9-18,21-22,25-27,36-38H,19-20,23-24H2,1-8H3,(H,45,48)(H,46,47)(H,49,53)/t26-,27-,36-,37-,38?/m0/s1. The molecule has 2 aliphatic rings. The van der Waals surface area contributed by atoms with Gasteiger partial charge in [-0.3, -0.25) is 9.69 Å². The minimum absolute atomic E-state index is 0.107. The van der Waals surface area contributed by atoms with Crippen LogP contribution in [0.3, 0.4) is 0 Å². The maximum absolute atomic E-state index is 13.7. The number of fused-ring (bicyclic) bond motifs is 1. The molecule has 294 valence electrons. The van der Waals surface area contributed by atoms with E-state index >= 15 is 0 Å². The Morgan fingerprint density at radius 3 is 1.93 bits per heavy atom. The predicted octanol–water partition coefficient (Wildman–Crippen LogP) is 8.90. The third kappa shape index (κ3) is 8.15. The topological polar surface area (TPSA) is 146 Å². The Bertz CT molecular complexity index is 2200. The maximum Gasteiger partial charge on any atom is 0.410 e. The molecule has 1 unspecified atom stereocenters. The highest BCUT2D eigenvalue weighted by Crippen LogP contribution is 2.38. The lowest BCUT2D eigenvalue weighted by Crippen LogP contribution is -2.51. The number of alkyl carbamates (subject to hydrolysis) is 1. The number of aromatic amines is 2. The van der Waals surface area contributed by atoms with E-state index in [1.807, 2.05) is 51.8 Å². The number of nitrogens with one attached hydrogen (secondary N) is 3. The van der Waals surface area contributed by atoms with E-state index in [0.717, 1.165) is 69.0 Å². The van der Waals surface area contributed by atoms with E-state index in [9.17, 15) is 14.4 Å². The van der Waals surface area contributed by atoms with Crippen LogP contribution in [0.15, 0.2) is 72.9 Å². The molecule has 2 saturated heterocycles. The number of likely N-dealkylation sites (tertiary alicyclic amines) is 2. The van der Waals surface area contributed by atoms with Crippen molar-refractivity contribution in [3.63, 3.8) is 0 Å². The van der Waals surface area contributed by atoms with Gasteiger partial charge >= 0.3 is 12.2 Å². The largest absolute Gasteiger partial charge is 0.453 e. The molecule has 12 nitrogen and oxygen atoms in total. The molecule has 3 amide bonds. The van der Waals surface area contributed by atoms with E-state index in [4.69, 9.17) is 19.4 Å². The zero-order valence-electron chi connectivity index (χ0n) is 33.6. The van der Waals surface area contributed by atoms with Gasteiger partial charge in [-0.2, -0.15) is 0 Å². The lowest BCUT2D eigenvalue weighted by Gasteiger charge is -2.30. The van der Waals surface area contributed by atoms with Crippen molar-refractivity contribution in [1.29, 1.82) is 0 Å². The fourth-order valence-corrected chi connectivity index (χ4v) is 7.96. The van der Waals surface area contributed by atoms with Crippen molar-refractivity contribution in [1.82, 2.24) is 35.1 Å². The number of methoxy groups -OCH3 is 1. The summed E-state index contributed by atoms with van der Waals surface area (Å²) in [5, 5.41) is 2.72. The molecular formula is C44H53N7O5. The van der Waals surface area contributed by atoms with Gasteiger partial charge in [-0.25, -0.2) is 19.6 Å². The van der Waals surface area contributed by atoms with Crippen LogP contribution in [0.5, 0.6) is 0 Å². The highest BCUT2D eigenvalue weighted by atomic mass is 16.6. The Labute approximate surface area is 328 Å². The van der Waals surface area contributed by atoms with Gasteiger partial charge in [0.2, 0.25) is 5.91 Å². The fraction of sp³-hybridized carbons (Fsp3) is 0.432. The highest BCUT2D eigenvalue weighted by molar-refractivity contribution is 5.87. The molecule has 0 radical (unpaired) electrons. The summed E-state index contributed by atoms with van der Waals surface area (Å²) in [5.41, 5.74) is 7.31. The molecular weight excluding hydrogens is 707 g/mol. The Kier molecular flexibility index (Phi) is 10.7. The number of hydrogen-bond acceptors (Lipinski definition) is 7. The number of aromatic nitrogens is 4. The van der Waals surface area contributed by atoms with Gasteiger partial charge in [0.05, 0.1) is 35.9 Å². The van der Waals surface area contributed by atoms with Crippen LogP contribution in [0.25, 0.3) is 44.5 Å². The number of ether oxygens (including phenoxy) is 2. The SMILES string of the molecule is COC(=O)NC(C(=O)N1C[C@@H](C)C[C@H]1c1nc2cc(-c3ccc(-c4ccc(-c5c[nH]c([C@@H]6C[C@H](C)CN6C(=O)OC(C)(C)C)n5)cc4)cc3)ccc2[nH]1)C(C)C. The molecule has 0 spiro atoms. The van der Waals surface area contributed by atoms with Gasteiger partial charge in [-0.15, -0.1) is 0 Å². The van der Waals surface area contributed by atoms with Crippen molar-refractivity contribution in [2.45, 2.75) is 85.0 Å². The summed E-state index contributed by atoms with van der Waals surface area (Å²) in [6.45, 7) is 15.0. The van der Waals surface area contributed by atoms with Crippen LogP contribution < -0.4 is 5.32 Å². The zero-order valence-corrected chi connectivity index (χ0v) is 33.6. The van der Waals surface area contributed by atoms with Gasteiger partial charge in [-0.05, 0) is 85.8 Å². The Morgan fingerprint density at radius 1 is 0.786 bits per heavy atom. The van der Waals surface area contributed by atoms with Crippen LogP contribution in [0.4, 0.5) is 9.59 Å². The summed E-state index contributed by atoms with van der Waals surface area (Å²) in [6, 6.07) is 22.0. The zero-order chi connectivity index (χ0) is 39.9. The molecule has 12 heteroatoms. The summed E-state index contributed by atoms with van der Waals surface area (Å²) in [6.07, 6.45) is 2.59. The van der Waals surface area contributed by atoms with Crippen molar-refractivity contribution >= 4 is 29.1 Å². The minimum atomic E-state index is -0.692. The van der Waals surface area contributed by atoms with Crippen molar-refractivity contribution in [3.8, 4) is 33.5 Å². The smallest absolute Gasteiger partial charge is 0.410 e. The lowest BCUT2D eigenvalue weighted by molar-refractivity contribution is -0.135. The highest BCUT2D eigenvalue weighted by Gasteiger charge is 2.41. The molecule has 0 bridgehead atoms. The molecule has 3 aromatic carbocycles. The van der Waals surface area contributed by atoms with Gasteiger partial charge < -0.3 is 29.7 Å². The van der Waals surface area contributed by atoms with Crippen LogP contribution >= 0.6 is 0 Å². The van der Waals surface area contributed by atoms with Crippen molar-refractivity contribution in [2.75, 3.05) is 20.2 Å². The first-order chi connectivity index (χ1) is 26.7. The van der Waals surface area contributed by atoms with E-state index in [1.54, 1.807) is 4.90 Å². The Morgan fingerprint density at radius 2 is 1.34 bits per heavy atom. The second kappa shape index (κ2) is 15.5. The molecule has 2 fully saturated rings. The van der Waals surface area contributed by atoms with Gasteiger partial charge in [-0.1, -0.05) is 82.3 Å². The number of carbonyl (C=O) groups excluding carboxylic acids is 3. The van der Waals surface area contributed by atoms with Gasteiger partial charge in [0.1, 0.15) is 23.3 Å². The monoisotopic (exact) mass is 759 g/mol. The number of imidazole rings is 2. The van der Waals surface area contributed by atoms with Gasteiger partial charge in [0, 0.05) is 24.8 Å². The Balaban J connectivity index is 1.04. The summed E-state index contributed by atoms with van der Waals surface area (Å²) in [4.78, 5) is 59.1.